The van der Waals surface area contributed by atoms with Crippen LogP contribution in [0.1, 0.15) is 0 Å². The van der Waals surface area contributed by atoms with E-state index >= 15 is 0 Å². The summed E-state index contributed by atoms with van der Waals surface area (Å²) in [6.07, 6.45) is 1.53. The molecule has 0 atom stereocenters. The Morgan fingerprint density at radius 3 is 2.42 bits per heavy atom. The SMILES string of the molecule is Nc1nnc(-c2ccnc(Cl)c2)c(-c2ccc(OC(F)F)cc2)n1. The molecule has 1 aromatic carbocycles. The normalized spacial score (nSPS) is 10.8. The second-order valence-corrected chi connectivity index (χ2v) is 5.02. The van der Waals surface area contributed by atoms with Crippen molar-refractivity contribution in [3.05, 3.63) is 47.7 Å². The lowest BCUT2D eigenvalue weighted by Crippen LogP contribution is -2.03. The Balaban J connectivity index is 2.05. The molecular formula is C15H10ClF2N5O. The molecule has 0 aliphatic rings. The molecule has 0 saturated heterocycles. The first-order valence-corrected chi connectivity index (χ1v) is 7.08. The minimum Gasteiger partial charge on any atom is -0.435 e. The number of hydrogen-bond donors (Lipinski definition) is 1. The number of rotatable bonds is 4. The first-order chi connectivity index (χ1) is 11.5. The summed E-state index contributed by atoms with van der Waals surface area (Å²) in [5.41, 5.74) is 7.76. The molecule has 2 aromatic heterocycles. The number of pyridine rings is 1. The van der Waals surface area contributed by atoms with Gasteiger partial charge in [0.15, 0.2) is 0 Å². The molecule has 0 radical (unpaired) electrons. The average molecular weight is 350 g/mol. The van der Waals surface area contributed by atoms with Gasteiger partial charge in [-0.25, -0.2) is 9.97 Å². The zero-order chi connectivity index (χ0) is 17.1. The van der Waals surface area contributed by atoms with Crippen molar-refractivity contribution in [1.29, 1.82) is 0 Å². The van der Waals surface area contributed by atoms with Crippen molar-refractivity contribution in [3.8, 4) is 28.3 Å². The van der Waals surface area contributed by atoms with Crippen LogP contribution < -0.4 is 10.5 Å². The number of hydrogen-bond acceptors (Lipinski definition) is 6. The Bertz CT molecular complexity index is 861. The molecule has 9 heteroatoms. The van der Waals surface area contributed by atoms with Crippen LogP contribution in [0, 0.1) is 0 Å². The highest BCUT2D eigenvalue weighted by atomic mass is 35.5. The van der Waals surface area contributed by atoms with Crippen molar-refractivity contribution in [2.45, 2.75) is 6.61 Å². The van der Waals surface area contributed by atoms with Gasteiger partial charge in [-0.2, -0.15) is 8.78 Å². The van der Waals surface area contributed by atoms with E-state index in [9.17, 15) is 8.78 Å². The van der Waals surface area contributed by atoms with E-state index in [-0.39, 0.29) is 16.9 Å². The molecule has 3 aromatic rings. The van der Waals surface area contributed by atoms with Crippen LogP contribution in [0.15, 0.2) is 42.6 Å². The molecule has 6 nitrogen and oxygen atoms in total. The van der Waals surface area contributed by atoms with Crippen LogP contribution in [0.25, 0.3) is 22.5 Å². The number of alkyl halides is 2. The maximum absolute atomic E-state index is 12.2. The summed E-state index contributed by atoms with van der Waals surface area (Å²) >= 11 is 5.90. The smallest absolute Gasteiger partial charge is 0.387 e. The predicted molar refractivity (Wildman–Crippen MR) is 84.5 cm³/mol. The summed E-state index contributed by atoms with van der Waals surface area (Å²) < 4.78 is 28.8. The maximum atomic E-state index is 12.2. The van der Waals surface area contributed by atoms with Crippen LogP contribution in [-0.4, -0.2) is 26.8 Å². The highest BCUT2D eigenvalue weighted by molar-refractivity contribution is 6.29. The number of halogens is 3. The van der Waals surface area contributed by atoms with Gasteiger partial charge in [-0.3, -0.25) is 0 Å². The molecule has 0 spiro atoms. The molecule has 122 valence electrons. The third kappa shape index (κ3) is 3.54. The molecule has 3 rings (SSSR count). The van der Waals surface area contributed by atoms with E-state index in [2.05, 4.69) is 24.9 Å². The Morgan fingerprint density at radius 1 is 1.00 bits per heavy atom. The van der Waals surface area contributed by atoms with Gasteiger partial charge in [0.05, 0.1) is 0 Å². The largest absolute Gasteiger partial charge is 0.435 e. The topological polar surface area (TPSA) is 86.8 Å². The Morgan fingerprint density at radius 2 is 1.75 bits per heavy atom. The highest BCUT2D eigenvalue weighted by Gasteiger charge is 2.14. The zero-order valence-corrected chi connectivity index (χ0v) is 12.8. The fourth-order valence-electron chi connectivity index (χ4n) is 2.08. The molecule has 24 heavy (non-hydrogen) atoms. The first kappa shape index (κ1) is 16.0. The molecular weight excluding hydrogens is 340 g/mol. The summed E-state index contributed by atoms with van der Waals surface area (Å²) in [6.45, 7) is -2.89. The van der Waals surface area contributed by atoms with Crippen molar-refractivity contribution in [2.24, 2.45) is 0 Å². The molecule has 0 fully saturated rings. The minimum atomic E-state index is -2.89. The lowest BCUT2D eigenvalue weighted by Gasteiger charge is -2.09. The molecule has 0 saturated carbocycles. The summed E-state index contributed by atoms with van der Waals surface area (Å²) in [7, 11) is 0. The van der Waals surface area contributed by atoms with Gasteiger partial charge in [0.1, 0.15) is 22.3 Å². The lowest BCUT2D eigenvalue weighted by molar-refractivity contribution is -0.0498. The van der Waals surface area contributed by atoms with E-state index < -0.39 is 6.61 Å². The Labute approximate surface area is 140 Å². The first-order valence-electron chi connectivity index (χ1n) is 6.70. The third-order valence-corrected chi connectivity index (χ3v) is 3.26. The molecule has 0 unspecified atom stereocenters. The summed E-state index contributed by atoms with van der Waals surface area (Å²) in [4.78, 5) is 8.10. The van der Waals surface area contributed by atoms with Gasteiger partial charge < -0.3 is 10.5 Å². The van der Waals surface area contributed by atoms with E-state index in [0.29, 0.717) is 22.5 Å². The number of anilines is 1. The van der Waals surface area contributed by atoms with E-state index in [4.69, 9.17) is 17.3 Å². The molecule has 0 aliphatic heterocycles. The Hall–Kier alpha value is -2.87. The standard InChI is InChI=1S/C15H10ClF2N5O/c16-11-7-9(5-6-20-11)13-12(21-15(19)23-22-13)8-1-3-10(4-2-8)24-14(17)18/h1-7,14H,(H2,19,21,23). The third-order valence-electron chi connectivity index (χ3n) is 3.06. The maximum Gasteiger partial charge on any atom is 0.387 e. The molecule has 0 bridgehead atoms. The second-order valence-electron chi connectivity index (χ2n) is 4.64. The summed E-state index contributed by atoms with van der Waals surface area (Å²) in [5.74, 6) is 0.0269. The van der Waals surface area contributed by atoms with E-state index in [1.54, 1.807) is 24.3 Å². The number of nitrogens with two attached hydrogens (primary N) is 1. The summed E-state index contributed by atoms with van der Waals surface area (Å²) in [6, 6.07) is 9.28. The van der Waals surface area contributed by atoms with Gasteiger partial charge >= 0.3 is 6.61 Å². The monoisotopic (exact) mass is 349 g/mol. The van der Waals surface area contributed by atoms with Gasteiger partial charge in [0.2, 0.25) is 5.95 Å². The van der Waals surface area contributed by atoms with Crippen molar-refractivity contribution in [1.82, 2.24) is 20.2 Å². The highest BCUT2D eigenvalue weighted by Crippen LogP contribution is 2.30. The van der Waals surface area contributed by atoms with Gasteiger partial charge in [0.25, 0.3) is 0 Å². The number of nitrogens with zero attached hydrogens (tertiary/aromatic N) is 4. The van der Waals surface area contributed by atoms with Gasteiger partial charge in [0, 0.05) is 17.3 Å². The van der Waals surface area contributed by atoms with E-state index in [1.165, 1.54) is 18.3 Å². The van der Waals surface area contributed by atoms with Crippen molar-refractivity contribution >= 4 is 17.5 Å². The van der Waals surface area contributed by atoms with E-state index in [1.807, 2.05) is 0 Å². The Kier molecular flexibility index (Phi) is 4.48. The predicted octanol–water partition coefficient (Wildman–Crippen LogP) is 3.44. The van der Waals surface area contributed by atoms with Gasteiger partial charge in [-0.05, 0) is 36.4 Å². The van der Waals surface area contributed by atoms with Crippen molar-refractivity contribution in [2.75, 3.05) is 5.73 Å². The zero-order valence-electron chi connectivity index (χ0n) is 12.0. The minimum absolute atomic E-state index is 0.0122. The van der Waals surface area contributed by atoms with Crippen molar-refractivity contribution < 1.29 is 13.5 Å². The number of nitrogen functional groups attached to an aromatic ring is 1. The van der Waals surface area contributed by atoms with Gasteiger partial charge in [-0.15, -0.1) is 10.2 Å². The fraction of sp³-hybridized carbons (Fsp3) is 0.0667. The molecule has 0 amide bonds. The lowest BCUT2D eigenvalue weighted by atomic mass is 10.1. The van der Waals surface area contributed by atoms with Crippen LogP contribution in [-0.2, 0) is 0 Å². The average Bonchev–Trinajstić information content (AvgIpc) is 2.55. The van der Waals surface area contributed by atoms with Gasteiger partial charge in [-0.1, -0.05) is 11.6 Å². The molecule has 0 aliphatic carbocycles. The van der Waals surface area contributed by atoms with Crippen LogP contribution >= 0.6 is 11.6 Å². The number of benzene rings is 1. The number of ether oxygens (including phenoxy) is 1. The van der Waals surface area contributed by atoms with Crippen molar-refractivity contribution in [3.63, 3.8) is 0 Å². The molecule has 2 N–H and O–H groups in total. The van der Waals surface area contributed by atoms with Crippen LogP contribution in [0.2, 0.25) is 5.15 Å². The van der Waals surface area contributed by atoms with Crippen LogP contribution in [0.3, 0.4) is 0 Å². The summed E-state index contributed by atoms with van der Waals surface area (Å²) in [5, 5.41) is 8.11. The van der Waals surface area contributed by atoms with E-state index in [0.717, 1.165) is 0 Å². The number of aromatic nitrogens is 4. The van der Waals surface area contributed by atoms with Crippen LogP contribution in [0.4, 0.5) is 14.7 Å². The fourth-order valence-corrected chi connectivity index (χ4v) is 2.25. The quantitative estimate of drug-likeness (QED) is 0.726. The second kappa shape index (κ2) is 6.71. The molecule has 2 heterocycles. The van der Waals surface area contributed by atoms with Crippen LogP contribution in [0.5, 0.6) is 5.75 Å².